The summed E-state index contributed by atoms with van der Waals surface area (Å²) in [6.45, 7) is 4.71. The third-order valence-electron chi connectivity index (χ3n) is 4.53. The molecule has 0 saturated carbocycles. The number of nitrogens with zero attached hydrogens (tertiary/aromatic N) is 2. The van der Waals surface area contributed by atoms with Gasteiger partial charge in [0.15, 0.2) is 11.5 Å². The van der Waals surface area contributed by atoms with Crippen molar-refractivity contribution in [3.8, 4) is 17.2 Å². The molecule has 0 unspecified atom stereocenters. The average Bonchev–Trinajstić information content (AvgIpc) is 2.73. The molecule has 0 amide bonds. The topological polar surface area (TPSA) is 65.1 Å². The first-order valence-electron chi connectivity index (χ1n) is 9.02. The minimum Gasteiger partial charge on any atom is -0.493 e. The molecule has 3 rings (SSSR count). The number of rotatable bonds is 8. The van der Waals surface area contributed by atoms with E-state index >= 15 is 0 Å². The van der Waals surface area contributed by atoms with Crippen LogP contribution in [0.4, 0.5) is 5.82 Å². The number of benzene rings is 1. The Bertz CT molecular complexity index is 723. The Labute approximate surface area is 160 Å². The summed E-state index contributed by atoms with van der Waals surface area (Å²) in [5.74, 6) is 2.93. The van der Waals surface area contributed by atoms with Crippen molar-refractivity contribution in [2.45, 2.75) is 13.1 Å². The van der Waals surface area contributed by atoms with Crippen molar-refractivity contribution < 1.29 is 18.9 Å². The monoisotopic (exact) mass is 373 g/mol. The van der Waals surface area contributed by atoms with Crippen molar-refractivity contribution in [3.05, 3.63) is 41.6 Å². The summed E-state index contributed by atoms with van der Waals surface area (Å²) in [5, 5.41) is 3.47. The Morgan fingerprint density at radius 2 is 1.63 bits per heavy atom. The van der Waals surface area contributed by atoms with Crippen LogP contribution in [-0.2, 0) is 17.8 Å². The number of hydrogen-bond donors (Lipinski definition) is 1. The first-order valence-corrected chi connectivity index (χ1v) is 9.02. The lowest BCUT2D eigenvalue weighted by atomic mass is 10.1. The van der Waals surface area contributed by atoms with Gasteiger partial charge in [-0.1, -0.05) is 0 Å². The second-order valence-corrected chi connectivity index (χ2v) is 6.26. The molecule has 0 bridgehead atoms. The molecule has 1 aliphatic heterocycles. The normalized spacial score (nSPS) is 14.1. The Morgan fingerprint density at radius 1 is 0.963 bits per heavy atom. The minimum atomic E-state index is 0.605. The zero-order valence-corrected chi connectivity index (χ0v) is 16.2. The SMILES string of the molecule is COc1cc(CNCc2ccnc(N3CCOCC3)c2)cc(OC)c1OC. The molecule has 2 aromatic rings. The van der Waals surface area contributed by atoms with Gasteiger partial charge in [0.05, 0.1) is 34.5 Å². The summed E-state index contributed by atoms with van der Waals surface area (Å²) in [5.41, 5.74) is 2.26. The van der Waals surface area contributed by atoms with Crippen LogP contribution in [0.25, 0.3) is 0 Å². The standard InChI is InChI=1S/C20H27N3O4/c1-24-17-10-16(11-18(25-2)20(17)26-3)14-21-13-15-4-5-22-19(12-15)23-6-8-27-9-7-23/h4-5,10-12,21H,6-9,13-14H2,1-3H3. The Balaban J connectivity index is 1.63. The molecule has 0 radical (unpaired) electrons. The van der Waals surface area contributed by atoms with E-state index in [1.807, 2.05) is 24.4 Å². The van der Waals surface area contributed by atoms with Gasteiger partial charge in [0.2, 0.25) is 5.75 Å². The lowest BCUT2D eigenvalue weighted by molar-refractivity contribution is 0.122. The Morgan fingerprint density at radius 3 is 2.26 bits per heavy atom. The van der Waals surface area contributed by atoms with E-state index in [0.29, 0.717) is 23.8 Å². The highest BCUT2D eigenvalue weighted by Gasteiger charge is 2.14. The molecule has 1 saturated heterocycles. The number of anilines is 1. The number of ether oxygens (including phenoxy) is 4. The predicted molar refractivity (Wildman–Crippen MR) is 104 cm³/mol. The molecule has 0 spiro atoms. The Hall–Kier alpha value is -2.51. The van der Waals surface area contributed by atoms with E-state index in [2.05, 4.69) is 21.3 Å². The fourth-order valence-electron chi connectivity index (χ4n) is 3.12. The highest BCUT2D eigenvalue weighted by atomic mass is 16.5. The molecule has 7 nitrogen and oxygen atoms in total. The van der Waals surface area contributed by atoms with E-state index < -0.39 is 0 Å². The first-order chi connectivity index (χ1) is 13.2. The van der Waals surface area contributed by atoms with Crippen molar-refractivity contribution in [2.24, 2.45) is 0 Å². The molecule has 146 valence electrons. The average molecular weight is 373 g/mol. The lowest BCUT2D eigenvalue weighted by Crippen LogP contribution is -2.36. The zero-order valence-electron chi connectivity index (χ0n) is 16.2. The van der Waals surface area contributed by atoms with Crippen LogP contribution in [0.2, 0.25) is 0 Å². The molecular formula is C20H27N3O4. The summed E-state index contributed by atoms with van der Waals surface area (Å²) < 4.78 is 21.6. The van der Waals surface area contributed by atoms with Crippen LogP contribution in [0.1, 0.15) is 11.1 Å². The number of aromatic nitrogens is 1. The first kappa shape index (κ1) is 19.3. The largest absolute Gasteiger partial charge is 0.493 e. The van der Waals surface area contributed by atoms with E-state index in [4.69, 9.17) is 18.9 Å². The van der Waals surface area contributed by atoms with Gasteiger partial charge in [0.25, 0.3) is 0 Å². The molecule has 2 heterocycles. The highest BCUT2D eigenvalue weighted by Crippen LogP contribution is 2.38. The summed E-state index contributed by atoms with van der Waals surface area (Å²) in [4.78, 5) is 6.75. The predicted octanol–water partition coefficient (Wildman–Crippen LogP) is 2.23. The van der Waals surface area contributed by atoms with Crippen LogP contribution in [-0.4, -0.2) is 52.6 Å². The summed E-state index contributed by atoms with van der Waals surface area (Å²) in [6.07, 6.45) is 1.86. The molecule has 27 heavy (non-hydrogen) atoms. The fraction of sp³-hybridized carbons (Fsp3) is 0.450. The quantitative estimate of drug-likeness (QED) is 0.761. The van der Waals surface area contributed by atoms with Crippen molar-refractivity contribution in [1.29, 1.82) is 0 Å². The van der Waals surface area contributed by atoms with Crippen molar-refractivity contribution in [1.82, 2.24) is 10.3 Å². The van der Waals surface area contributed by atoms with Crippen LogP contribution < -0.4 is 24.4 Å². The number of methoxy groups -OCH3 is 3. The van der Waals surface area contributed by atoms with E-state index in [1.54, 1.807) is 21.3 Å². The van der Waals surface area contributed by atoms with E-state index in [1.165, 1.54) is 5.56 Å². The number of pyridine rings is 1. The molecule has 1 aromatic heterocycles. The lowest BCUT2D eigenvalue weighted by Gasteiger charge is -2.28. The van der Waals surface area contributed by atoms with Crippen LogP contribution in [0.3, 0.4) is 0 Å². The molecule has 1 aromatic carbocycles. The van der Waals surface area contributed by atoms with E-state index in [0.717, 1.165) is 44.2 Å². The summed E-state index contributed by atoms with van der Waals surface area (Å²) >= 11 is 0. The third-order valence-corrected chi connectivity index (χ3v) is 4.53. The molecule has 1 fully saturated rings. The second kappa shape index (κ2) is 9.43. The van der Waals surface area contributed by atoms with Crippen LogP contribution in [0, 0.1) is 0 Å². The van der Waals surface area contributed by atoms with Gasteiger partial charge in [0, 0.05) is 32.4 Å². The van der Waals surface area contributed by atoms with Crippen molar-refractivity contribution in [2.75, 3.05) is 52.5 Å². The molecule has 1 aliphatic rings. The maximum atomic E-state index is 5.41. The van der Waals surface area contributed by atoms with Crippen molar-refractivity contribution in [3.63, 3.8) is 0 Å². The molecule has 1 N–H and O–H groups in total. The van der Waals surface area contributed by atoms with Gasteiger partial charge in [-0.3, -0.25) is 0 Å². The Kier molecular flexibility index (Phi) is 6.73. The summed E-state index contributed by atoms with van der Waals surface area (Å²) in [6, 6.07) is 8.08. The molecule has 0 atom stereocenters. The van der Waals surface area contributed by atoms with Crippen LogP contribution in [0.15, 0.2) is 30.5 Å². The zero-order chi connectivity index (χ0) is 19.1. The summed E-state index contributed by atoms with van der Waals surface area (Å²) in [7, 11) is 4.85. The van der Waals surface area contributed by atoms with E-state index in [-0.39, 0.29) is 0 Å². The number of hydrogen-bond acceptors (Lipinski definition) is 7. The van der Waals surface area contributed by atoms with Gasteiger partial charge >= 0.3 is 0 Å². The maximum absolute atomic E-state index is 5.41. The van der Waals surface area contributed by atoms with Crippen LogP contribution in [0.5, 0.6) is 17.2 Å². The van der Waals surface area contributed by atoms with E-state index in [9.17, 15) is 0 Å². The molecular weight excluding hydrogens is 346 g/mol. The van der Waals surface area contributed by atoms with Crippen molar-refractivity contribution >= 4 is 5.82 Å². The van der Waals surface area contributed by atoms with Gasteiger partial charge in [0.1, 0.15) is 5.82 Å². The van der Waals surface area contributed by atoms with Gasteiger partial charge in [-0.2, -0.15) is 0 Å². The second-order valence-electron chi connectivity index (χ2n) is 6.26. The smallest absolute Gasteiger partial charge is 0.203 e. The fourth-order valence-corrected chi connectivity index (χ4v) is 3.12. The molecule has 7 heteroatoms. The van der Waals surface area contributed by atoms with Crippen LogP contribution >= 0.6 is 0 Å². The maximum Gasteiger partial charge on any atom is 0.203 e. The van der Waals surface area contributed by atoms with Gasteiger partial charge in [-0.05, 0) is 35.4 Å². The third kappa shape index (κ3) is 4.81. The number of morpholine rings is 1. The highest BCUT2D eigenvalue weighted by molar-refractivity contribution is 5.53. The number of nitrogens with one attached hydrogen (secondary N) is 1. The van der Waals surface area contributed by atoms with Gasteiger partial charge in [-0.25, -0.2) is 4.98 Å². The minimum absolute atomic E-state index is 0.605. The molecule has 0 aliphatic carbocycles. The van der Waals surface area contributed by atoms with Gasteiger partial charge < -0.3 is 29.2 Å². The van der Waals surface area contributed by atoms with Gasteiger partial charge in [-0.15, -0.1) is 0 Å².